The molecule has 2 unspecified atom stereocenters. The number of aromatic nitrogens is 8. The highest BCUT2D eigenvalue weighted by Crippen LogP contribution is 2.46. The van der Waals surface area contributed by atoms with E-state index in [2.05, 4.69) is 75.1 Å². The van der Waals surface area contributed by atoms with Crippen LogP contribution in [-0.2, 0) is 31.0 Å². The molecule has 6 aromatic rings. The van der Waals surface area contributed by atoms with Gasteiger partial charge in [0.15, 0.2) is 11.6 Å². The Morgan fingerprint density at radius 3 is 1.42 bits per heavy atom. The van der Waals surface area contributed by atoms with E-state index in [9.17, 15) is 4.79 Å². The van der Waals surface area contributed by atoms with Crippen molar-refractivity contribution in [1.82, 2.24) is 49.3 Å². The van der Waals surface area contributed by atoms with Gasteiger partial charge in [-0.25, -0.2) is 9.97 Å². The molecule has 0 radical (unpaired) electrons. The number of aldehydes is 1. The van der Waals surface area contributed by atoms with E-state index in [1.54, 1.807) is 0 Å². The number of rotatable bonds is 7. The molecule has 0 bridgehead atoms. The molecule has 0 N–H and O–H groups in total. The minimum Gasteiger partial charge on any atom is -0.357 e. The van der Waals surface area contributed by atoms with E-state index in [0.29, 0.717) is 36.2 Å². The Morgan fingerprint density at radius 2 is 1.02 bits per heavy atom. The van der Waals surface area contributed by atoms with Crippen LogP contribution in [0.25, 0.3) is 11.4 Å². The van der Waals surface area contributed by atoms with E-state index in [1.807, 2.05) is 48.8 Å². The molecule has 308 valence electrons. The van der Waals surface area contributed by atoms with Crippen molar-refractivity contribution >= 4 is 53.5 Å². The molecule has 11 rings (SSSR count). The molecule has 2 saturated heterocycles. The standard InChI is InChI=1S/C44H44Cl2N12O.ClH/c45-32-7-9-35-30(21-32)23-55(25-39-49-51-43(57(35)39)28-11-17-53(18-12-28)37-5-1-3-15-47-37)41-34(27-59)42(41)56-24-31-22-33(46)8-10-36(31)58-40(26-56)50-52-44(58)29-13-19-54(20-14-29)38-6-2-4-16-48-38;/h1-10,15-16,21-22,27-29,34,41-42H,11-14,17-20,23-26H2;1H. The van der Waals surface area contributed by atoms with Crippen LogP contribution in [0.4, 0.5) is 11.6 Å². The number of hydrogen-bond acceptors (Lipinski definition) is 11. The molecule has 1 saturated carbocycles. The summed E-state index contributed by atoms with van der Waals surface area (Å²) in [6, 6.07) is 24.3. The molecule has 2 aromatic carbocycles. The van der Waals surface area contributed by atoms with Crippen LogP contribution in [-0.4, -0.2) is 93.8 Å². The van der Waals surface area contributed by atoms with Crippen LogP contribution in [0, 0.1) is 5.92 Å². The predicted molar refractivity (Wildman–Crippen MR) is 232 cm³/mol. The van der Waals surface area contributed by atoms with Crippen molar-refractivity contribution < 1.29 is 4.79 Å². The maximum Gasteiger partial charge on any atom is 0.151 e. The molecule has 5 aliphatic rings. The van der Waals surface area contributed by atoms with E-state index in [-0.39, 0.29) is 42.2 Å². The number of halogens is 3. The van der Waals surface area contributed by atoms with Crippen LogP contribution in [0.3, 0.4) is 0 Å². The highest BCUT2D eigenvalue weighted by molar-refractivity contribution is 6.31. The van der Waals surface area contributed by atoms with Gasteiger partial charge < -0.3 is 14.6 Å². The summed E-state index contributed by atoms with van der Waals surface area (Å²) in [5.74, 6) is 6.08. The molecular formula is C44H45Cl3N12O. The number of benzene rings is 2. The number of piperidine rings is 2. The third-order valence-electron chi connectivity index (χ3n) is 13.2. The van der Waals surface area contributed by atoms with Crippen LogP contribution in [0.5, 0.6) is 0 Å². The van der Waals surface area contributed by atoms with Crippen molar-refractivity contribution in [3.05, 3.63) is 130 Å². The van der Waals surface area contributed by atoms with Gasteiger partial charge in [-0.3, -0.25) is 18.9 Å². The molecular weight excluding hydrogens is 819 g/mol. The Hall–Kier alpha value is -4.92. The zero-order valence-corrected chi connectivity index (χ0v) is 35.3. The number of pyridine rings is 2. The first-order chi connectivity index (χ1) is 29.0. The normalized spacial score (nSPS) is 22.1. The summed E-state index contributed by atoms with van der Waals surface area (Å²) >= 11 is 13.4. The van der Waals surface area contributed by atoms with E-state index >= 15 is 0 Å². The first-order valence-corrected chi connectivity index (χ1v) is 21.5. The van der Waals surface area contributed by atoms with E-state index in [1.165, 1.54) is 0 Å². The minimum atomic E-state index is -0.199. The van der Waals surface area contributed by atoms with Gasteiger partial charge in [0.25, 0.3) is 0 Å². The summed E-state index contributed by atoms with van der Waals surface area (Å²) in [6.45, 7) is 6.00. The van der Waals surface area contributed by atoms with E-state index < -0.39 is 0 Å². The number of nitrogens with zero attached hydrogens (tertiary/aromatic N) is 12. The zero-order valence-electron chi connectivity index (χ0n) is 33.0. The second-order valence-corrected chi connectivity index (χ2v) is 17.4. The Balaban J connectivity index is 0.00000433. The number of fused-ring (bicyclic) bond motifs is 6. The fraction of sp³-hybridized carbons (Fsp3) is 0.386. The van der Waals surface area contributed by atoms with Gasteiger partial charge in [-0.2, -0.15) is 0 Å². The molecule has 1 aliphatic carbocycles. The molecule has 0 spiro atoms. The quantitative estimate of drug-likeness (QED) is 0.154. The third-order valence-corrected chi connectivity index (χ3v) is 13.6. The smallest absolute Gasteiger partial charge is 0.151 e. The van der Waals surface area contributed by atoms with Crippen LogP contribution < -0.4 is 9.80 Å². The first kappa shape index (κ1) is 39.2. The van der Waals surface area contributed by atoms with Gasteiger partial charge >= 0.3 is 0 Å². The van der Waals surface area contributed by atoms with Crippen LogP contribution in [0.1, 0.15) is 71.9 Å². The van der Waals surface area contributed by atoms with Crippen molar-refractivity contribution in [1.29, 1.82) is 0 Å². The van der Waals surface area contributed by atoms with Gasteiger partial charge in [0, 0.05) is 91.5 Å². The van der Waals surface area contributed by atoms with E-state index in [4.69, 9.17) is 43.6 Å². The summed E-state index contributed by atoms with van der Waals surface area (Å²) in [4.78, 5) is 31.7. The Kier molecular flexibility index (Phi) is 10.6. The van der Waals surface area contributed by atoms with Gasteiger partial charge in [-0.05, 0) is 97.5 Å². The van der Waals surface area contributed by atoms with Crippen molar-refractivity contribution in [2.45, 2.75) is 75.8 Å². The maximum absolute atomic E-state index is 13.0. The molecule has 8 heterocycles. The summed E-state index contributed by atoms with van der Waals surface area (Å²) in [6.07, 6.45) is 8.67. The minimum absolute atomic E-state index is 0. The second-order valence-electron chi connectivity index (χ2n) is 16.6. The number of anilines is 2. The fourth-order valence-corrected chi connectivity index (χ4v) is 10.6. The van der Waals surface area contributed by atoms with Gasteiger partial charge in [0.2, 0.25) is 0 Å². The molecule has 16 heteroatoms. The Labute approximate surface area is 364 Å². The number of hydrogen-bond donors (Lipinski definition) is 0. The average Bonchev–Trinajstić information content (AvgIpc) is 3.77. The highest BCUT2D eigenvalue weighted by atomic mass is 35.5. The fourth-order valence-electron chi connectivity index (χ4n) is 10.2. The lowest BCUT2D eigenvalue weighted by Crippen LogP contribution is -2.34. The molecule has 0 amide bonds. The zero-order chi connectivity index (χ0) is 39.6. The lowest BCUT2D eigenvalue weighted by molar-refractivity contribution is -0.109. The third kappa shape index (κ3) is 7.03. The van der Waals surface area contributed by atoms with Gasteiger partial charge in [0.1, 0.15) is 29.6 Å². The summed E-state index contributed by atoms with van der Waals surface area (Å²) in [5.41, 5.74) is 4.32. The molecule has 4 aromatic heterocycles. The number of carbonyl (C=O) groups excluding carboxylic acids is 1. The van der Waals surface area contributed by atoms with Crippen molar-refractivity contribution in [3.63, 3.8) is 0 Å². The van der Waals surface area contributed by atoms with Gasteiger partial charge in [-0.1, -0.05) is 35.3 Å². The van der Waals surface area contributed by atoms with Gasteiger partial charge in [-0.15, -0.1) is 32.8 Å². The van der Waals surface area contributed by atoms with Crippen LogP contribution in [0.2, 0.25) is 10.0 Å². The van der Waals surface area contributed by atoms with Crippen molar-refractivity contribution in [2.24, 2.45) is 5.92 Å². The molecule has 3 fully saturated rings. The largest absolute Gasteiger partial charge is 0.357 e. The lowest BCUT2D eigenvalue weighted by Gasteiger charge is -2.32. The molecule has 60 heavy (non-hydrogen) atoms. The lowest BCUT2D eigenvalue weighted by atomic mass is 9.95. The van der Waals surface area contributed by atoms with Crippen LogP contribution in [0.15, 0.2) is 85.2 Å². The average molecular weight is 864 g/mol. The monoisotopic (exact) mass is 862 g/mol. The maximum atomic E-state index is 13.0. The summed E-state index contributed by atoms with van der Waals surface area (Å²) in [5, 5.41) is 20.8. The topological polar surface area (TPSA) is 117 Å². The summed E-state index contributed by atoms with van der Waals surface area (Å²) in [7, 11) is 0. The second kappa shape index (κ2) is 16.2. The van der Waals surface area contributed by atoms with Gasteiger partial charge in [0.05, 0.1) is 24.5 Å². The molecule has 4 aliphatic heterocycles. The molecule has 2 atom stereocenters. The van der Waals surface area contributed by atoms with E-state index in [0.717, 1.165) is 116 Å². The SMILES string of the molecule is Cl.O=CC1C(N2Cc3cc(Cl)ccc3-n3c(nnc3C3CCN(c4ccccn4)CC3)C2)C1N1Cc2cc(Cl)ccc2-n2c(nnc2C2CCN(c3ccccn3)CC2)C1. The Bertz CT molecular complexity index is 2330. The van der Waals surface area contributed by atoms with Crippen LogP contribution >= 0.6 is 35.6 Å². The van der Waals surface area contributed by atoms with Crippen molar-refractivity contribution in [3.8, 4) is 11.4 Å². The highest BCUT2D eigenvalue weighted by Gasteiger charge is 2.57. The predicted octanol–water partition coefficient (Wildman–Crippen LogP) is 7.03. The summed E-state index contributed by atoms with van der Waals surface area (Å²) < 4.78 is 4.55. The van der Waals surface area contributed by atoms with Crippen molar-refractivity contribution in [2.75, 3.05) is 36.0 Å². The first-order valence-electron chi connectivity index (χ1n) is 20.7. The number of carbonyl (C=O) groups is 1. The molecule has 13 nitrogen and oxygen atoms in total. The Morgan fingerprint density at radius 1 is 0.567 bits per heavy atom.